The molecule has 1 heterocycles. The van der Waals surface area contributed by atoms with Gasteiger partial charge in [0, 0.05) is 24.7 Å². The molecule has 0 atom stereocenters. The summed E-state index contributed by atoms with van der Waals surface area (Å²) >= 11 is 0. The normalized spacial score (nSPS) is 10.5. The van der Waals surface area contributed by atoms with Crippen LogP contribution in [0, 0.1) is 6.92 Å². The first-order valence-corrected chi connectivity index (χ1v) is 8.49. The minimum Gasteiger partial charge on any atom is -0.493 e. The quantitative estimate of drug-likeness (QED) is 0.661. The van der Waals surface area contributed by atoms with E-state index in [1.54, 1.807) is 44.5 Å². The van der Waals surface area contributed by atoms with Gasteiger partial charge in [-0.1, -0.05) is 12.1 Å². The molecule has 27 heavy (non-hydrogen) atoms. The van der Waals surface area contributed by atoms with Crippen LogP contribution in [-0.4, -0.2) is 37.1 Å². The fourth-order valence-corrected chi connectivity index (χ4v) is 2.88. The van der Waals surface area contributed by atoms with E-state index in [2.05, 4.69) is 4.98 Å². The predicted molar refractivity (Wildman–Crippen MR) is 102 cm³/mol. The van der Waals surface area contributed by atoms with Crippen LogP contribution in [0.15, 0.2) is 53.4 Å². The molecule has 0 spiro atoms. The van der Waals surface area contributed by atoms with Crippen molar-refractivity contribution in [1.29, 1.82) is 0 Å². The molecular weight excluding hydrogens is 344 g/mol. The zero-order valence-electron chi connectivity index (χ0n) is 15.9. The van der Waals surface area contributed by atoms with Crippen LogP contribution in [0.1, 0.15) is 21.5 Å². The van der Waals surface area contributed by atoms with Gasteiger partial charge in [-0.25, -0.2) is 4.98 Å². The van der Waals surface area contributed by atoms with E-state index >= 15 is 0 Å². The number of ether oxygens (including phenoxy) is 2. The van der Waals surface area contributed by atoms with Crippen molar-refractivity contribution >= 4 is 5.91 Å². The summed E-state index contributed by atoms with van der Waals surface area (Å²) in [5.74, 6) is 1.93. The van der Waals surface area contributed by atoms with E-state index in [0.29, 0.717) is 29.4 Å². The third-order valence-electron chi connectivity index (χ3n) is 4.45. The van der Waals surface area contributed by atoms with E-state index in [1.165, 1.54) is 6.39 Å². The summed E-state index contributed by atoms with van der Waals surface area (Å²) in [6.45, 7) is 2.46. The van der Waals surface area contributed by atoms with Gasteiger partial charge >= 0.3 is 0 Å². The van der Waals surface area contributed by atoms with E-state index in [1.807, 2.05) is 31.2 Å². The second-order valence-electron chi connectivity index (χ2n) is 6.24. The van der Waals surface area contributed by atoms with Crippen LogP contribution in [0.4, 0.5) is 0 Å². The lowest BCUT2D eigenvalue weighted by Crippen LogP contribution is -2.26. The molecule has 0 saturated heterocycles. The summed E-state index contributed by atoms with van der Waals surface area (Å²) in [6, 6.07) is 11.1. The molecule has 3 aromatic rings. The molecular formula is C21H22N2O4. The third kappa shape index (κ3) is 3.95. The number of carbonyl (C=O) groups excluding carboxylic acids is 1. The highest BCUT2D eigenvalue weighted by Gasteiger charge is 2.15. The van der Waals surface area contributed by atoms with Gasteiger partial charge in [-0.15, -0.1) is 0 Å². The minimum atomic E-state index is -0.0618. The molecule has 0 fully saturated rings. The van der Waals surface area contributed by atoms with Gasteiger partial charge in [0.15, 0.2) is 23.7 Å². The van der Waals surface area contributed by atoms with Crippen molar-refractivity contribution in [3.05, 3.63) is 65.7 Å². The third-order valence-corrected chi connectivity index (χ3v) is 4.45. The topological polar surface area (TPSA) is 64.8 Å². The Morgan fingerprint density at radius 2 is 1.78 bits per heavy atom. The number of benzene rings is 2. The Morgan fingerprint density at radius 3 is 2.37 bits per heavy atom. The summed E-state index contributed by atoms with van der Waals surface area (Å²) in [5, 5.41) is 0. The fourth-order valence-electron chi connectivity index (χ4n) is 2.88. The van der Waals surface area contributed by atoms with Crippen molar-refractivity contribution in [3.8, 4) is 22.8 Å². The highest BCUT2D eigenvalue weighted by Crippen LogP contribution is 2.31. The molecule has 2 aromatic carbocycles. The molecule has 140 valence electrons. The lowest BCUT2D eigenvalue weighted by molar-refractivity contribution is 0.0785. The maximum atomic E-state index is 12.8. The Kier molecular flexibility index (Phi) is 5.45. The van der Waals surface area contributed by atoms with Gasteiger partial charge in [-0.2, -0.15) is 0 Å². The zero-order valence-corrected chi connectivity index (χ0v) is 15.9. The van der Waals surface area contributed by atoms with Crippen molar-refractivity contribution in [2.75, 3.05) is 21.3 Å². The van der Waals surface area contributed by atoms with Crippen molar-refractivity contribution in [3.63, 3.8) is 0 Å². The Balaban J connectivity index is 1.76. The largest absolute Gasteiger partial charge is 0.493 e. The van der Waals surface area contributed by atoms with E-state index in [4.69, 9.17) is 13.9 Å². The molecule has 0 bridgehead atoms. The Morgan fingerprint density at radius 1 is 1.11 bits per heavy atom. The Hall–Kier alpha value is -3.28. The average Bonchev–Trinajstić information content (AvgIpc) is 3.23. The number of aryl methyl sites for hydroxylation is 1. The highest BCUT2D eigenvalue weighted by atomic mass is 16.5. The van der Waals surface area contributed by atoms with Crippen molar-refractivity contribution in [1.82, 2.24) is 9.88 Å². The first-order chi connectivity index (χ1) is 13.0. The lowest BCUT2D eigenvalue weighted by Gasteiger charge is -2.20. The zero-order chi connectivity index (χ0) is 19.4. The van der Waals surface area contributed by atoms with E-state index < -0.39 is 0 Å². The first-order valence-electron chi connectivity index (χ1n) is 8.49. The maximum Gasteiger partial charge on any atom is 0.253 e. The van der Waals surface area contributed by atoms with E-state index in [9.17, 15) is 4.79 Å². The Bertz CT molecular complexity index is 918. The molecule has 3 rings (SSSR count). The molecule has 1 amide bonds. The van der Waals surface area contributed by atoms with E-state index in [-0.39, 0.29) is 5.91 Å². The van der Waals surface area contributed by atoms with Crippen LogP contribution in [-0.2, 0) is 6.54 Å². The summed E-state index contributed by atoms with van der Waals surface area (Å²) < 4.78 is 16.0. The number of nitrogens with zero attached hydrogens (tertiary/aromatic N) is 2. The molecule has 0 saturated carbocycles. The molecule has 0 aliphatic heterocycles. The van der Waals surface area contributed by atoms with Crippen LogP contribution in [0.5, 0.6) is 11.5 Å². The van der Waals surface area contributed by atoms with Crippen LogP contribution in [0.2, 0.25) is 0 Å². The standard InChI is InChI=1S/C21H22N2O4/c1-14-9-18(25-3)19(26-4)10-17(14)12-23(2)21(24)16-7-5-15(6-8-16)20-11-22-13-27-20/h5-11,13H,12H2,1-4H3. The second kappa shape index (κ2) is 7.95. The summed E-state index contributed by atoms with van der Waals surface area (Å²) in [7, 11) is 4.99. The van der Waals surface area contributed by atoms with Gasteiger partial charge in [0.2, 0.25) is 0 Å². The van der Waals surface area contributed by atoms with Gasteiger partial charge < -0.3 is 18.8 Å². The number of carbonyl (C=O) groups is 1. The summed E-state index contributed by atoms with van der Waals surface area (Å²) in [6.07, 6.45) is 3.02. The summed E-state index contributed by atoms with van der Waals surface area (Å²) in [5.41, 5.74) is 3.52. The van der Waals surface area contributed by atoms with Gasteiger partial charge in [0.05, 0.1) is 20.4 Å². The molecule has 0 radical (unpaired) electrons. The molecule has 0 N–H and O–H groups in total. The van der Waals surface area contributed by atoms with Gasteiger partial charge in [0.1, 0.15) is 0 Å². The first kappa shape index (κ1) is 18.5. The number of aromatic nitrogens is 1. The van der Waals surface area contributed by atoms with Crippen molar-refractivity contribution < 1.29 is 18.7 Å². The van der Waals surface area contributed by atoms with Crippen LogP contribution in [0.25, 0.3) is 11.3 Å². The smallest absolute Gasteiger partial charge is 0.253 e. The Labute approximate surface area is 158 Å². The van der Waals surface area contributed by atoms with Crippen LogP contribution in [0.3, 0.4) is 0 Å². The molecule has 0 unspecified atom stereocenters. The number of amides is 1. The second-order valence-corrected chi connectivity index (χ2v) is 6.24. The SMILES string of the molecule is COc1cc(C)c(CN(C)C(=O)c2ccc(-c3cnco3)cc2)cc1OC. The average molecular weight is 366 g/mol. The van der Waals surface area contributed by atoms with Gasteiger partial charge in [-0.05, 0) is 42.3 Å². The fraction of sp³-hybridized carbons (Fsp3) is 0.238. The monoisotopic (exact) mass is 366 g/mol. The lowest BCUT2D eigenvalue weighted by atomic mass is 10.1. The molecule has 6 heteroatoms. The number of rotatable bonds is 6. The van der Waals surface area contributed by atoms with E-state index in [0.717, 1.165) is 16.7 Å². The molecule has 0 aliphatic rings. The van der Waals surface area contributed by atoms with Crippen LogP contribution < -0.4 is 9.47 Å². The summed E-state index contributed by atoms with van der Waals surface area (Å²) in [4.78, 5) is 18.4. The number of oxazole rings is 1. The van der Waals surface area contributed by atoms with Gasteiger partial charge in [0.25, 0.3) is 5.91 Å². The van der Waals surface area contributed by atoms with Crippen molar-refractivity contribution in [2.24, 2.45) is 0 Å². The van der Waals surface area contributed by atoms with Crippen LogP contribution >= 0.6 is 0 Å². The van der Waals surface area contributed by atoms with Gasteiger partial charge in [-0.3, -0.25) is 4.79 Å². The maximum absolute atomic E-state index is 12.8. The van der Waals surface area contributed by atoms with Crippen molar-refractivity contribution in [2.45, 2.75) is 13.5 Å². The molecule has 6 nitrogen and oxygen atoms in total. The number of methoxy groups -OCH3 is 2. The molecule has 0 aliphatic carbocycles. The molecule has 1 aromatic heterocycles. The predicted octanol–water partition coefficient (Wildman–Crippen LogP) is 3.94. The highest BCUT2D eigenvalue weighted by molar-refractivity contribution is 5.94. The number of hydrogen-bond acceptors (Lipinski definition) is 5. The number of hydrogen-bond donors (Lipinski definition) is 0. The minimum absolute atomic E-state index is 0.0618.